The van der Waals surface area contributed by atoms with Crippen molar-refractivity contribution in [2.45, 2.75) is 31.6 Å². The maximum Gasteiger partial charge on any atom is 0.310 e. The maximum absolute atomic E-state index is 13.1. The van der Waals surface area contributed by atoms with Gasteiger partial charge in [0.25, 0.3) is 5.92 Å². The minimum atomic E-state index is -2.63. The van der Waals surface area contributed by atoms with Gasteiger partial charge >= 0.3 is 5.97 Å². The first kappa shape index (κ1) is 10.8. The van der Waals surface area contributed by atoms with Gasteiger partial charge < -0.3 is 5.11 Å². The van der Waals surface area contributed by atoms with Crippen LogP contribution in [0.25, 0.3) is 0 Å². The van der Waals surface area contributed by atoms with Crippen LogP contribution in [-0.4, -0.2) is 41.5 Å². The summed E-state index contributed by atoms with van der Waals surface area (Å²) >= 11 is 0. The topological polar surface area (TPSA) is 40.5 Å². The fourth-order valence-electron chi connectivity index (χ4n) is 2.20. The molecule has 0 aromatic carbocycles. The van der Waals surface area contributed by atoms with E-state index in [1.807, 2.05) is 0 Å². The number of carbonyl (C=O) groups is 1. The molecule has 1 saturated carbocycles. The molecule has 0 bridgehead atoms. The number of hydrogen-bond acceptors (Lipinski definition) is 2. The van der Waals surface area contributed by atoms with E-state index in [0.29, 0.717) is 25.8 Å². The van der Waals surface area contributed by atoms with Crippen molar-refractivity contribution in [3.05, 3.63) is 0 Å². The molecule has 1 aliphatic carbocycles. The summed E-state index contributed by atoms with van der Waals surface area (Å²) in [4.78, 5) is 12.5. The number of alkyl halides is 2. The van der Waals surface area contributed by atoms with Crippen molar-refractivity contribution in [1.82, 2.24) is 4.90 Å². The smallest absolute Gasteiger partial charge is 0.310 e. The summed E-state index contributed by atoms with van der Waals surface area (Å²) in [5.41, 5.74) is -0.715. The van der Waals surface area contributed by atoms with Crippen LogP contribution < -0.4 is 0 Å². The van der Waals surface area contributed by atoms with Crippen LogP contribution in [-0.2, 0) is 4.79 Å². The van der Waals surface area contributed by atoms with Crippen molar-refractivity contribution in [2.75, 3.05) is 19.6 Å². The summed E-state index contributed by atoms with van der Waals surface area (Å²) in [6.07, 6.45) is 1.65. The van der Waals surface area contributed by atoms with Gasteiger partial charge in [-0.2, -0.15) is 0 Å². The third-order valence-corrected chi connectivity index (χ3v) is 3.31. The van der Waals surface area contributed by atoms with Gasteiger partial charge in [-0.1, -0.05) is 0 Å². The van der Waals surface area contributed by atoms with E-state index in [0.717, 1.165) is 0 Å². The lowest BCUT2D eigenvalue weighted by Gasteiger charge is -2.33. The Labute approximate surface area is 87.1 Å². The summed E-state index contributed by atoms with van der Waals surface area (Å²) in [5.74, 6) is -3.47. The molecule has 1 heterocycles. The number of carboxylic acid groups (broad SMARTS) is 1. The number of hydrogen-bond donors (Lipinski definition) is 1. The third kappa shape index (κ3) is 2.27. The SMILES string of the molecule is O=C(O)C1(CN2CCCC(F)(F)C2)CC1. The molecule has 2 aliphatic rings. The fourth-order valence-corrected chi connectivity index (χ4v) is 2.20. The zero-order chi connectivity index (χ0) is 11.1. The summed E-state index contributed by atoms with van der Waals surface area (Å²) in [6.45, 7) is 0.616. The van der Waals surface area contributed by atoms with E-state index in [-0.39, 0.29) is 19.5 Å². The van der Waals surface area contributed by atoms with Crippen molar-refractivity contribution in [3.8, 4) is 0 Å². The molecule has 1 N–H and O–H groups in total. The lowest BCUT2D eigenvalue weighted by Crippen LogP contribution is -2.46. The van der Waals surface area contributed by atoms with E-state index in [9.17, 15) is 13.6 Å². The van der Waals surface area contributed by atoms with Crippen LogP contribution in [0, 0.1) is 5.41 Å². The molecule has 15 heavy (non-hydrogen) atoms. The number of aliphatic carboxylic acids is 1. The lowest BCUT2D eigenvalue weighted by atomic mass is 10.0. The molecular weight excluding hydrogens is 204 g/mol. The van der Waals surface area contributed by atoms with E-state index in [1.54, 1.807) is 4.90 Å². The molecule has 2 rings (SSSR count). The van der Waals surface area contributed by atoms with Crippen LogP contribution in [0.3, 0.4) is 0 Å². The average molecular weight is 219 g/mol. The van der Waals surface area contributed by atoms with Gasteiger partial charge in [-0.3, -0.25) is 9.69 Å². The molecule has 0 unspecified atom stereocenters. The number of nitrogens with zero attached hydrogens (tertiary/aromatic N) is 1. The van der Waals surface area contributed by atoms with Gasteiger partial charge in [0.15, 0.2) is 0 Å². The zero-order valence-corrected chi connectivity index (χ0v) is 8.51. The number of halogens is 2. The van der Waals surface area contributed by atoms with E-state index in [4.69, 9.17) is 5.11 Å². The van der Waals surface area contributed by atoms with Gasteiger partial charge in [0.2, 0.25) is 0 Å². The van der Waals surface area contributed by atoms with Gasteiger partial charge in [0.05, 0.1) is 12.0 Å². The molecule has 3 nitrogen and oxygen atoms in total. The lowest BCUT2D eigenvalue weighted by molar-refractivity contribution is -0.145. The van der Waals surface area contributed by atoms with Crippen LogP contribution in [0.15, 0.2) is 0 Å². The first-order valence-corrected chi connectivity index (χ1v) is 5.27. The van der Waals surface area contributed by atoms with Crippen LogP contribution >= 0.6 is 0 Å². The number of rotatable bonds is 3. The minimum absolute atomic E-state index is 0.0659. The number of likely N-dealkylation sites (tertiary alicyclic amines) is 1. The largest absolute Gasteiger partial charge is 0.481 e. The molecule has 2 fully saturated rings. The molecule has 0 atom stereocenters. The van der Waals surface area contributed by atoms with Crippen LogP contribution in [0.5, 0.6) is 0 Å². The van der Waals surface area contributed by atoms with E-state index in [1.165, 1.54) is 0 Å². The van der Waals surface area contributed by atoms with Crippen LogP contribution in [0.2, 0.25) is 0 Å². The Morgan fingerprint density at radius 2 is 2.00 bits per heavy atom. The Morgan fingerprint density at radius 1 is 1.33 bits per heavy atom. The highest BCUT2D eigenvalue weighted by atomic mass is 19.3. The number of carboxylic acids is 1. The third-order valence-electron chi connectivity index (χ3n) is 3.31. The van der Waals surface area contributed by atoms with Crippen LogP contribution in [0.1, 0.15) is 25.7 Å². The Bertz CT molecular complexity index is 277. The van der Waals surface area contributed by atoms with E-state index < -0.39 is 17.3 Å². The first-order chi connectivity index (χ1) is 6.94. The molecule has 1 saturated heterocycles. The number of piperidine rings is 1. The highest BCUT2D eigenvalue weighted by Gasteiger charge is 2.52. The molecule has 86 valence electrons. The second kappa shape index (κ2) is 3.40. The van der Waals surface area contributed by atoms with Crippen LogP contribution in [0.4, 0.5) is 8.78 Å². The summed E-state index contributed by atoms with van der Waals surface area (Å²) in [5, 5.41) is 8.95. The highest BCUT2D eigenvalue weighted by molar-refractivity contribution is 5.78. The molecule has 0 amide bonds. The summed E-state index contributed by atoms with van der Waals surface area (Å²) < 4.78 is 26.1. The second-order valence-corrected chi connectivity index (χ2v) is 4.76. The molecular formula is C10H15F2NO2. The monoisotopic (exact) mass is 219 g/mol. The quantitative estimate of drug-likeness (QED) is 0.783. The van der Waals surface area contributed by atoms with Gasteiger partial charge in [-0.15, -0.1) is 0 Å². The van der Waals surface area contributed by atoms with Crippen molar-refractivity contribution < 1.29 is 18.7 Å². The van der Waals surface area contributed by atoms with Crippen molar-refractivity contribution in [3.63, 3.8) is 0 Å². The van der Waals surface area contributed by atoms with Gasteiger partial charge in [-0.05, 0) is 25.8 Å². The summed E-state index contributed by atoms with van der Waals surface area (Å²) in [6, 6.07) is 0. The van der Waals surface area contributed by atoms with Crippen molar-refractivity contribution in [2.24, 2.45) is 5.41 Å². The normalized spacial score (nSPS) is 28.7. The van der Waals surface area contributed by atoms with Gasteiger partial charge in [0, 0.05) is 13.0 Å². The Balaban J connectivity index is 1.92. The fraction of sp³-hybridized carbons (Fsp3) is 0.900. The van der Waals surface area contributed by atoms with Crippen molar-refractivity contribution in [1.29, 1.82) is 0 Å². The zero-order valence-electron chi connectivity index (χ0n) is 8.51. The maximum atomic E-state index is 13.1. The van der Waals surface area contributed by atoms with E-state index in [2.05, 4.69) is 0 Å². The standard InChI is InChI=1S/C10H15F2NO2/c11-10(12)2-1-5-13(7-10)6-9(3-4-9)8(14)15/h1-7H2,(H,14,15). The minimum Gasteiger partial charge on any atom is -0.481 e. The molecule has 1 aliphatic heterocycles. The molecule has 0 radical (unpaired) electrons. The van der Waals surface area contributed by atoms with Gasteiger partial charge in [0.1, 0.15) is 0 Å². The molecule has 0 aromatic heterocycles. The molecule has 0 spiro atoms. The predicted molar refractivity (Wildman–Crippen MR) is 49.9 cm³/mol. The van der Waals surface area contributed by atoms with Crippen molar-refractivity contribution >= 4 is 5.97 Å². The average Bonchev–Trinajstić information content (AvgIpc) is 2.83. The first-order valence-electron chi connectivity index (χ1n) is 5.27. The van der Waals surface area contributed by atoms with E-state index >= 15 is 0 Å². The Kier molecular flexibility index (Phi) is 2.45. The second-order valence-electron chi connectivity index (χ2n) is 4.76. The summed E-state index contributed by atoms with van der Waals surface area (Å²) in [7, 11) is 0. The Morgan fingerprint density at radius 3 is 2.47 bits per heavy atom. The highest BCUT2D eigenvalue weighted by Crippen LogP contribution is 2.47. The predicted octanol–water partition coefficient (Wildman–Crippen LogP) is 1.58. The molecule has 0 aromatic rings. The molecule has 5 heteroatoms. The van der Waals surface area contributed by atoms with Gasteiger partial charge in [-0.25, -0.2) is 8.78 Å². The Hall–Kier alpha value is -0.710.